The molecular formula is C28H24FN7O2. The summed E-state index contributed by atoms with van der Waals surface area (Å²) < 4.78 is 21.7. The molecule has 0 saturated carbocycles. The Kier molecular flexibility index (Phi) is 5.27. The molecule has 1 amide bonds. The van der Waals surface area contributed by atoms with Crippen LogP contribution in [0.3, 0.4) is 0 Å². The molecule has 0 unspecified atom stereocenters. The van der Waals surface area contributed by atoms with E-state index < -0.39 is 11.7 Å². The first-order valence-corrected chi connectivity index (χ1v) is 12.0. The van der Waals surface area contributed by atoms with E-state index in [1.54, 1.807) is 40.2 Å². The zero-order chi connectivity index (χ0) is 26.7. The number of carbonyl (C=O) groups excluding carboxylic acids is 1. The number of carbonyl (C=O) groups is 1. The smallest absolute Gasteiger partial charge is 0.328 e. The molecular weight excluding hydrogens is 485 g/mol. The van der Waals surface area contributed by atoms with Gasteiger partial charge < -0.3 is 5.32 Å². The second kappa shape index (κ2) is 8.55. The zero-order valence-electron chi connectivity index (χ0n) is 21.2. The molecule has 190 valence electrons. The number of halogens is 1. The van der Waals surface area contributed by atoms with Crippen LogP contribution in [-0.4, -0.2) is 41.4 Å². The van der Waals surface area contributed by atoms with E-state index >= 15 is 0 Å². The Labute approximate surface area is 216 Å². The van der Waals surface area contributed by atoms with Gasteiger partial charge in [0.05, 0.1) is 39.4 Å². The third-order valence-corrected chi connectivity index (χ3v) is 6.91. The summed E-state index contributed by atoms with van der Waals surface area (Å²) in [5.41, 5.74) is 6.15. The van der Waals surface area contributed by atoms with Crippen LogP contribution in [0.25, 0.3) is 50.3 Å². The monoisotopic (exact) mass is 509 g/mol. The molecule has 0 saturated heterocycles. The number of hydrogen-bond acceptors (Lipinski definition) is 4. The van der Waals surface area contributed by atoms with Gasteiger partial charge in [0.25, 0.3) is 5.91 Å². The van der Waals surface area contributed by atoms with Gasteiger partial charge in [-0.25, -0.2) is 14.2 Å². The number of nitrogens with one attached hydrogen (secondary N) is 1. The maximum Gasteiger partial charge on any atom is 0.328 e. The van der Waals surface area contributed by atoms with Gasteiger partial charge >= 0.3 is 5.69 Å². The Balaban J connectivity index is 1.55. The molecule has 0 fully saturated rings. The fourth-order valence-electron chi connectivity index (χ4n) is 4.90. The number of fused-ring (bicyclic) bond motifs is 2. The number of imidazole rings is 2. The number of aryl methyl sites for hydroxylation is 3. The summed E-state index contributed by atoms with van der Waals surface area (Å²) in [4.78, 5) is 29.4. The number of rotatable bonds is 4. The van der Waals surface area contributed by atoms with Gasteiger partial charge in [-0.3, -0.25) is 23.2 Å². The van der Waals surface area contributed by atoms with Crippen molar-refractivity contribution < 1.29 is 9.18 Å². The molecule has 0 aliphatic carbocycles. The third kappa shape index (κ3) is 3.52. The molecule has 0 atom stereocenters. The Morgan fingerprint density at radius 1 is 0.868 bits per heavy atom. The average Bonchev–Trinajstić information content (AvgIpc) is 3.58. The fourth-order valence-corrected chi connectivity index (χ4v) is 4.90. The summed E-state index contributed by atoms with van der Waals surface area (Å²) in [5, 5.41) is 6.77. The molecule has 38 heavy (non-hydrogen) atoms. The molecule has 3 aromatic carbocycles. The minimum absolute atomic E-state index is 0.00817. The van der Waals surface area contributed by atoms with Gasteiger partial charge in [-0.2, -0.15) is 5.10 Å². The quantitative estimate of drug-likeness (QED) is 0.392. The van der Waals surface area contributed by atoms with Gasteiger partial charge in [0.15, 0.2) is 0 Å². The van der Waals surface area contributed by atoms with Crippen molar-refractivity contribution in [1.82, 2.24) is 33.8 Å². The van der Waals surface area contributed by atoms with Gasteiger partial charge in [-0.1, -0.05) is 12.1 Å². The highest BCUT2D eigenvalue weighted by Gasteiger charge is 2.19. The maximum absolute atomic E-state index is 14.7. The summed E-state index contributed by atoms with van der Waals surface area (Å²) in [5.74, 6) is -0.380. The number of amides is 1. The van der Waals surface area contributed by atoms with Crippen molar-refractivity contribution in [1.29, 1.82) is 0 Å². The molecule has 0 aliphatic rings. The van der Waals surface area contributed by atoms with Crippen molar-refractivity contribution in [2.45, 2.75) is 0 Å². The van der Waals surface area contributed by atoms with Crippen LogP contribution >= 0.6 is 0 Å². The number of hydrogen-bond donors (Lipinski definition) is 1. The molecule has 0 spiro atoms. The topological polar surface area (TPSA) is 91.7 Å². The van der Waals surface area contributed by atoms with Crippen LogP contribution in [0.4, 0.5) is 4.39 Å². The molecule has 6 rings (SSSR count). The van der Waals surface area contributed by atoms with E-state index in [-0.39, 0.29) is 11.3 Å². The van der Waals surface area contributed by atoms with Crippen molar-refractivity contribution >= 4 is 28.0 Å². The summed E-state index contributed by atoms with van der Waals surface area (Å²) in [6.45, 7) is 0. The van der Waals surface area contributed by atoms with Crippen LogP contribution in [-0.2, 0) is 21.1 Å². The Hall–Kier alpha value is -4.99. The summed E-state index contributed by atoms with van der Waals surface area (Å²) in [7, 11) is 6.82. The lowest BCUT2D eigenvalue weighted by Crippen LogP contribution is -2.19. The van der Waals surface area contributed by atoms with Crippen LogP contribution in [0.1, 0.15) is 10.4 Å². The Bertz CT molecular complexity index is 1960. The van der Waals surface area contributed by atoms with E-state index in [2.05, 4.69) is 10.4 Å². The largest absolute Gasteiger partial charge is 0.355 e. The molecule has 6 aromatic rings. The second-order valence-electron chi connectivity index (χ2n) is 9.22. The molecule has 10 heteroatoms. The number of benzene rings is 3. The first kappa shape index (κ1) is 23.4. The van der Waals surface area contributed by atoms with Crippen LogP contribution < -0.4 is 11.0 Å². The first-order valence-electron chi connectivity index (χ1n) is 12.0. The lowest BCUT2D eigenvalue weighted by Gasteiger charge is -2.10. The summed E-state index contributed by atoms with van der Waals surface area (Å²) >= 11 is 0. The van der Waals surface area contributed by atoms with Crippen LogP contribution in [0, 0.1) is 5.82 Å². The van der Waals surface area contributed by atoms with Crippen LogP contribution in [0.5, 0.6) is 0 Å². The van der Waals surface area contributed by atoms with E-state index in [9.17, 15) is 14.0 Å². The van der Waals surface area contributed by atoms with Crippen molar-refractivity contribution in [3.63, 3.8) is 0 Å². The van der Waals surface area contributed by atoms with Crippen LogP contribution in [0.2, 0.25) is 0 Å². The number of aromatic nitrogens is 6. The summed E-state index contributed by atoms with van der Waals surface area (Å²) in [6, 6.07) is 16.2. The van der Waals surface area contributed by atoms with Crippen molar-refractivity contribution in [3.8, 4) is 28.2 Å². The van der Waals surface area contributed by atoms with E-state index in [4.69, 9.17) is 4.98 Å². The Morgan fingerprint density at radius 2 is 1.58 bits per heavy atom. The fraction of sp³-hybridized carbons (Fsp3) is 0.143. The molecule has 3 heterocycles. The van der Waals surface area contributed by atoms with Crippen molar-refractivity contribution in [3.05, 3.63) is 88.9 Å². The third-order valence-electron chi connectivity index (χ3n) is 6.91. The molecule has 0 bridgehead atoms. The van der Waals surface area contributed by atoms with Gasteiger partial charge in [-0.05, 0) is 53.6 Å². The molecule has 1 N–H and O–H groups in total. The summed E-state index contributed by atoms with van der Waals surface area (Å²) in [6.07, 6.45) is 3.64. The molecule has 0 radical (unpaired) electrons. The normalized spacial score (nSPS) is 11.5. The SMILES string of the molecule is CNC(=O)c1ccc(-c2ccc3c(c2)nc(-c2cnn(C)c2)n3-c2ccc3c(c2)n(C)c(=O)n3C)cc1F. The van der Waals surface area contributed by atoms with Gasteiger partial charge in [0.1, 0.15) is 11.6 Å². The average molecular weight is 510 g/mol. The van der Waals surface area contributed by atoms with Gasteiger partial charge in [0.2, 0.25) is 0 Å². The highest BCUT2D eigenvalue weighted by molar-refractivity contribution is 5.95. The minimum atomic E-state index is -0.592. The minimum Gasteiger partial charge on any atom is -0.355 e. The van der Waals surface area contributed by atoms with E-state index in [1.165, 1.54) is 19.2 Å². The standard InChI is InChI=1S/C28H24FN7O2/c1-30-27(37)20-8-5-16(11-21(20)29)17-6-9-23-22(12-17)32-26(18-14-31-33(2)15-18)36(23)19-7-10-24-25(13-19)35(4)28(38)34(24)3/h5-15H,1-4H3,(H,30,37). The Morgan fingerprint density at radius 3 is 2.29 bits per heavy atom. The van der Waals surface area contributed by atoms with Crippen LogP contribution in [0.15, 0.2) is 71.8 Å². The second-order valence-corrected chi connectivity index (χ2v) is 9.22. The van der Waals surface area contributed by atoms with E-state index in [1.807, 2.05) is 54.2 Å². The van der Waals surface area contributed by atoms with Gasteiger partial charge in [-0.15, -0.1) is 0 Å². The van der Waals surface area contributed by atoms with E-state index in [0.717, 1.165) is 33.4 Å². The number of nitrogens with zero attached hydrogens (tertiary/aromatic N) is 6. The van der Waals surface area contributed by atoms with Crippen molar-refractivity contribution in [2.24, 2.45) is 21.1 Å². The first-order chi connectivity index (χ1) is 18.3. The molecule has 0 aliphatic heterocycles. The highest BCUT2D eigenvalue weighted by atomic mass is 19.1. The molecule has 3 aromatic heterocycles. The predicted molar refractivity (Wildman–Crippen MR) is 144 cm³/mol. The molecule has 9 nitrogen and oxygen atoms in total. The van der Waals surface area contributed by atoms with Crippen molar-refractivity contribution in [2.75, 3.05) is 7.05 Å². The zero-order valence-corrected chi connectivity index (χ0v) is 21.2. The highest BCUT2D eigenvalue weighted by Crippen LogP contribution is 2.32. The maximum atomic E-state index is 14.7. The lowest BCUT2D eigenvalue weighted by atomic mass is 10.0. The van der Waals surface area contributed by atoms with E-state index in [0.29, 0.717) is 16.9 Å². The van der Waals surface area contributed by atoms with Gasteiger partial charge in [0, 0.05) is 40.1 Å². The predicted octanol–water partition coefficient (Wildman–Crippen LogP) is 3.78. The lowest BCUT2D eigenvalue weighted by molar-refractivity contribution is 0.0959.